The number of aliphatic hydroxyl groups excluding tert-OH is 1. The summed E-state index contributed by atoms with van der Waals surface area (Å²) in [6.07, 6.45) is 3.84. The fourth-order valence-electron chi connectivity index (χ4n) is 6.77. The molecular formula is C36H38N10O6. The second kappa shape index (κ2) is 14.0. The van der Waals surface area contributed by atoms with E-state index in [1.54, 1.807) is 18.3 Å². The number of hydrogen-bond acceptors (Lipinski definition) is 14. The molecule has 3 amide bonds. The van der Waals surface area contributed by atoms with Gasteiger partial charge in [-0.25, -0.2) is 9.97 Å². The van der Waals surface area contributed by atoms with Crippen molar-refractivity contribution in [2.24, 2.45) is 0 Å². The summed E-state index contributed by atoms with van der Waals surface area (Å²) < 4.78 is 11.8. The molecule has 2 atom stereocenters. The summed E-state index contributed by atoms with van der Waals surface area (Å²) in [5, 5.41) is 18.9. The van der Waals surface area contributed by atoms with Crippen molar-refractivity contribution in [3.63, 3.8) is 0 Å². The van der Waals surface area contributed by atoms with Crippen LogP contribution in [-0.2, 0) is 16.1 Å². The minimum absolute atomic E-state index is 0.102. The second-order valence-electron chi connectivity index (χ2n) is 13.4. The molecule has 4 N–H and O–H groups in total. The van der Waals surface area contributed by atoms with Gasteiger partial charge in [0, 0.05) is 81.4 Å². The normalized spacial score (nSPS) is 19.7. The molecule has 5 aromatic rings. The minimum Gasteiger partial charge on any atom is -0.444 e. The van der Waals surface area contributed by atoms with Crippen molar-refractivity contribution in [3.05, 3.63) is 71.9 Å². The van der Waals surface area contributed by atoms with E-state index in [4.69, 9.17) is 18.8 Å². The molecule has 0 saturated carbocycles. The van der Waals surface area contributed by atoms with Crippen LogP contribution in [0.15, 0.2) is 63.8 Å². The van der Waals surface area contributed by atoms with E-state index in [1.807, 2.05) is 36.1 Å². The van der Waals surface area contributed by atoms with Crippen LogP contribution < -0.4 is 25.8 Å². The quantitative estimate of drug-likeness (QED) is 0.163. The predicted octanol–water partition coefficient (Wildman–Crippen LogP) is 2.94. The molecule has 3 saturated heterocycles. The summed E-state index contributed by atoms with van der Waals surface area (Å²) in [4.78, 5) is 61.6. The lowest BCUT2D eigenvalue weighted by atomic mass is 10.1. The van der Waals surface area contributed by atoms with Gasteiger partial charge in [0.25, 0.3) is 11.9 Å². The van der Waals surface area contributed by atoms with Gasteiger partial charge in [0.1, 0.15) is 12.3 Å². The zero-order valence-electron chi connectivity index (χ0n) is 28.5. The van der Waals surface area contributed by atoms with Crippen LogP contribution in [0, 0.1) is 6.92 Å². The zero-order valence-corrected chi connectivity index (χ0v) is 28.5. The largest absolute Gasteiger partial charge is 0.444 e. The van der Waals surface area contributed by atoms with Crippen molar-refractivity contribution in [2.45, 2.75) is 44.9 Å². The molecular weight excluding hydrogens is 668 g/mol. The predicted molar refractivity (Wildman–Crippen MR) is 191 cm³/mol. The van der Waals surface area contributed by atoms with Gasteiger partial charge < -0.3 is 34.4 Å². The van der Waals surface area contributed by atoms with Crippen LogP contribution in [0.2, 0.25) is 0 Å². The minimum atomic E-state index is -0.504. The number of aliphatic hydroxyl groups is 1. The maximum absolute atomic E-state index is 13.4. The number of nitrogens with zero attached hydrogens (tertiary/aromatic N) is 7. The van der Waals surface area contributed by atoms with E-state index < -0.39 is 18.1 Å². The average molecular weight is 707 g/mol. The third-order valence-electron chi connectivity index (χ3n) is 9.50. The lowest BCUT2D eigenvalue weighted by Gasteiger charge is -2.33. The van der Waals surface area contributed by atoms with E-state index >= 15 is 0 Å². The highest BCUT2D eigenvalue weighted by molar-refractivity contribution is 6.05. The third kappa shape index (κ3) is 7.15. The number of benzene rings is 1. The number of β-amino-alcohol motifs (C(OH)–C–C–N with tert-alkyl or cyclic N) is 1. The van der Waals surface area contributed by atoms with Gasteiger partial charge in [0.15, 0.2) is 17.1 Å². The Morgan fingerprint density at radius 3 is 2.67 bits per heavy atom. The first-order chi connectivity index (χ1) is 25.2. The second-order valence-corrected chi connectivity index (χ2v) is 13.4. The first-order valence-corrected chi connectivity index (χ1v) is 17.3. The Bertz CT molecular complexity index is 2140. The number of amides is 3. The van der Waals surface area contributed by atoms with Gasteiger partial charge in [0.05, 0.1) is 11.8 Å². The number of pyridine rings is 2. The molecule has 0 radical (unpaired) electrons. The van der Waals surface area contributed by atoms with Gasteiger partial charge in [-0.05, 0) is 49.6 Å². The molecule has 16 heteroatoms. The highest BCUT2D eigenvalue weighted by atomic mass is 16.4. The highest BCUT2D eigenvalue weighted by Crippen LogP contribution is 2.33. The number of fused-ring (bicyclic) bond motifs is 1. The van der Waals surface area contributed by atoms with Gasteiger partial charge in [-0.2, -0.15) is 4.98 Å². The summed E-state index contributed by atoms with van der Waals surface area (Å²) in [5.74, 6) is -0.207. The van der Waals surface area contributed by atoms with Crippen LogP contribution in [-0.4, -0.2) is 99.1 Å². The van der Waals surface area contributed by atoms with E-state index in [9.17, 15) is 19.5 Å². The smallest absolute Gasteiger partial charge is 0.300 e. The van der Waals surface area contributed by atoms with Crippen molar-refractivity contribution in [2.75, 3.05) is 59.7 Å². The fourth-order valence-corrected chi connectivity index (χ4v) is 6.77. The number of anilines is 4. The van der Waals surface area contributed by atoms with Gasteiger partial charge in [0.2, 0.25) is 23.4 Å². The maximum Gasteiger partial charge on any atom is 0.300 e. The summed E-state index contributed by atoms with van der Waals surface area (Å²) in [7, 11) is 0. The van der Waals surface area contributed by atoms with E-state index in [1.165, 1.54) is 6.26 Å². The van der Waals surface area contributed by atoms with Crippen molar-refractivity contribution in [1.82, 2.24) is 30.2 Å². The molecule has 0 spiro atoms. The van der Waals surface area contributed by atoms with E-state index in [0.29, 0.717) is 85.6 Å². The Balaban J connectivity index is 0.946. The Labute approximate surface area is 298 Å². The Kier molecular flexibility index (Phi) is 8.98. The standard InChI is InChI=1S/C36H38N10O6/c1-21-15-23(7-9-37-21)35-40-28(20-51-35)34(50)39-27-17-29-31(42-32(27)46-10-8-25(47)19-46)43-36(52-29)45-13-11-44(12-14-45)18-22-3-2-4-24(16-22)38-26-5-6-30(48)41-33(26)49/h2-4,7,9,15-17,20,25-26,38,47H,5-6,8,10-14,18-19H2,1H3,(H,39,50)(H,41,48,49)/t25-,26?/m1/s1. The summed E-state index contributed by atoms with van der Waals surface area (Å²) >= 11 is 0. The van der Waals surface area contributed by atoms with E-state index in [2.05, 4.69) is 41.8 Å². The number of hydrogen-bond donors (Lipinski definition) is 4. The highest BCUT2D eigenvalue weighted by Gasteiger charge is 2.29. The van der Waals surface area contributed by atoms with Crippen molar-refractivity contribution >= 4 is 52.2 Å². The number of rotatable bonds is 9. The maximum atomic E-state index is 13.4. The molecule has 1 aromatic carbocycles. The van der Waals surface area contributed by atoms with Crippen LogP contribution in [0.25, 0.3) is 22.7 Å². The third-order valence-corrected chi connectivity index (χ3v) is 9.50. The average Bonchev–Trinajstić information content (AvgIpc) is 3.90. The van der Waals surface area contributed by atoms with Gasteiger partial charge >= 0.3 is 0 Å². The summed E-state index contributed by atoms with van der Waals surface area (Å²) in [6, 6.07) is 13.3. The fraction of sp³-hybridized carbons (Fsp3) is 0.361. The Morgan fingerprint density at radius 1 is 1.02 bits per heavy atom. The van der Waals surface area contributed by atoms with Gasteiger partial charge in [-0.15, -0.1) is 0 Å². The number of carbonyl (C=O) groups is 3. The number of imide groups is 1. The van der Waals surface area contributed by atoms with E-state index in [-0.39, 0.29) is 17.5 Å². The van der Waals surface area contributed by atoms with Crippen molar-refractivity contribution < 1.29 is 28.3 Å². The molecule has 268 valence electrons. The van der Waals surface area contributed by atoms with Crippen LogP contribution in [0.5, 0.6) is 0 Å². The number of carbonyl (C=O) groups excluding carboxylic acids is 3. The number of piperazine rings is 1. The van der Waals surface area contributed by atoms with E-state index in [0.717, 1.165) is 36.6 Å². The molecule has 3 aliphatic heterocycles. The van der Waals surface area contributed by atoms with Crippen molar-refractivity contribution in [1.29, 1.82) is 0 Å². The molecule has 16 nitrogen and oxygen atoms in total. The molecule has 1 unspecified atom stereocenters. The van der Waals surface area contributed by atoms with Crippen molar-refractivity contribution in [3.8, 4) is 11.5 Å². The van der Waals surface area contributed by atoms with Crippen LogP contribution in [0.4, 0.5) is 23.2 Å². The zero-order chi connectivity index (χ0) is 35.8. The van der Waals surface area contributed by atoms with Gasteiger partial charge in [-0.3, -0.25) is 29.6 Å². The number of piperidine rings is 1. The summed E-state index contributed by atoms with van der Waals surface area (Å²) in [6.45, 7) is 6.45. The Morgan fingerprint density at radius 2 is 1.88 bits per heavy atom. The number of nitrogens with one attached hydrogen (secondary N) is 3. The molecule has 8 rings (SSSR count). The molecule has 4 aromatic heterocycles. The lowest BCUT2D eigenvalue weighted by molar-refractivity contribution is -0.133. The number of oxazole rings is 2. The molecule has 3 aliphatic rings. The molecule has 0 bridgehead atoms. The lowest BCUT2D eigenvalue weighted by Crippen LogP contribution is -2.47. The molecule has 7 heterocycles. The first-order valence-electron chi connectivity index (χ1n) is 17.3. The monoisotopic (exact) mass is 706 g/mol. The van der Waals surface area contributed by atoms with Gasteiger partial charge in [-0.1, -0.05) is 12.1 Å². The molecule has 0 aliphatic carbocycles. The van der Waals surface area contributed by atoms with Crippen LogP contribution in [0.1, 0.15) is 41.0 Å². The molecule has 3 fully saturated rings. The topological polar surface area (TPSA) is 195 Å². The Hall–Kier alpha value is -5.87. The summed E-state index contributed by atoms with van der Waals surface area (Å²) in [5.41, 5.74) is 4.81. The molecule has 52 heavy (non-hydrogen) atoms. The van der Waals surface area contributed by atoms with Crippen LogP contribution in [0.3, 0.4) is 0 Å². The van der Waals surface area contributed by atoms with Crippen LogP contribution >= 0.6 is 0 Å². The number of aromatic nitrogens is 4. The first kappa shape index (κ1) is 33.3. The SMILES string of the molecule is Cc1cc(-c2nc(C(=O)Nc3cc4oc(N5CCN(Cc6cccc(NC7CCC(=O)NC7=O)c6)CC5)nc4nc3N3CC[C@@H](O)C3)co2)ccn1. The number of aryl methyl sites for hydroxylation is 1.